The van der Waals surface area contributed by atoms with Gasteiger partial charge in [-0.05, 0) is 29.0 Å². The fraction of sp³-hybridized carbons (Fsp3) is 0. The first-order valence-electron chi connectivity index (χ1n) is 6.80. The van der Waals surface area contributed by atoms with Crippen molar-refractivity contribution in [2.24, 2.45) is 0 Å². The zero-order chi connectivity index (χ0) is 15.1. The minimum atomic E-state index is -0.126. The van der Waals surface area contributed by atoms with E-state index in [0.717, 1.165) is 10.8 Å². The molecule has 0 radical (unpaired) electrons. The van der Waals surface area contributed by atoms with E-state index < -0.39 is 0 Å². The van der Waals surface area contributed by atoms with Gasteiger partial charge in [0, 0.05) is 6.20 Å². The van der Waals surface area contributed by atoms with Gasteiger partial charge in [0.15, 0.2) is 0 Å². The number of aromatic nitrogens is 1. The molecule has 0 saturated heterocycles. The molecule has 2 aromatic carbocycles. The molecule has 4 heteroatoms. The summed E-state index contributed by atoms with van der Waals surface area (Å²) in [6.07, 6.45) is 3.03. The fourth-order valence-corrected chi connectivity index (χ4v) is 2.87. The summed E-state index contributed by atoms with van der Waals surface area (Å²) in [5.41, 5.74) is 1.24. The van der Waals surface area contributed by atoms with Crippen LogP contribution in [0.4, 0.5) is 0 Å². The molecule has 0 aliphatic rings. The standard InChI is InChI=1S/C18H10ClNO2/c19-14-6-3-9-20-17(14)13-10-22-15-8-7-11-4-1-2-5-12(11)16(15)18(13)21/h1-10H. The highest BCUT2D eigenvalue weighted by Gasteiger charge is 2.14. The number of benzene rings is 2. The zero-order valence-corrected chi connectivity index (χ0v) is 12.2. The molecule has 2 aromatic heterocycles. The Kier molecular flexibility index (Phi) is 2.94. The second kappa shape index (κ2) is 4.97. The molecule has 0 N–H and O–H groups in total. The van der Waals surface area contributed by atoms with Gasteiger partial charge in [-0.1, -0.05) is 41.9 Å². The second-order valence-electron chi connectivity index (χ2n) is 4.97. The van der Waals surface area contributed by atoms with Crippen molar-refractivity contribution in [2.75, 3.05) is 0 Å². The number of fused-ring (bicyclic) bond motifs is 3. The Morgan fingerprint density at radius 2 is 1.86 bits per heavy atom. The van der Waals surface area contributed by atoms with Gasteiger partial charge in [0.2, 0.25) is 5.43 Å². The maximum atomic E-state index is 12.9. The number of halogens is 1. The summed E-state index contributed by atoms with van der Waals surface area (Å²) in [5, 5.41) is 2.83. The second-order valence-corrected chi connectivity index (χ2v) is 5.38. The summed E-state index contributed by atoms with van der Waals surface area (Å²) in [7, 11) is 0. The minimum Gasteiger partial charge on any atom is -0.463 e. The van der Waals surface area contributed by atoms with Crippen LogP contribution in [-0.4, -0.2) is 4.98 Å². The van der Waals surface area contributed by atoms with Crippen LogP contribution in [0.5, 0.6) is 0 Å². The van der Waals surface area contributed by atoms with Gasteiger partial charge in [-0.3, -0.25) is 9.78 Å². The molecule has 0 spiro atoms. The average Bonchev–Trinajstić information content (AvgIpc) is 2.56. The Bertz CT molecular complexity index is 1070. The number of pyridine rings is 1. The predicted molar refractivity (Wildman–Crippen MR) is 88.2 cm³/mol. The predicted octanol–water partition coefficient (Wildman–Crippen LogP) is 4.66. The lowest BCUT2D eigenvalue weighted by Crippen LogP contribution is -2.06. The van der Waals surface area contributed by atoms with Crippen molar-refractivity contribution >= 4 is 33.3 Å². The van der Waals surface area contributed by atoms with E-state index in [9.17, 15) is 4.79 Å². The highest BCUT2D eigenvalue weighted by molar-refractivity contribution is 6.33. The largest absolute Gasteiger partial charge is 0.463 e. The third-order valence-corrected chi connectivity index (χ3v) is 3.98. The summed E-state index contributed by atoms with van der Waals surface area (Å²) in [6, 6.07) is 14.9. The van der Waals surface area contributed by atoms with E-state index in [2.05, 4.69) is 4.98 Å². The molecule has 4 aromatic rings. The molecule has 0 fully saturated rings. The summed E-state index contributed by atoms with van der Waals surface area (Å²) >= 11 is 6.16. The van der Waals surface area contributed by atoms with Gasteiger partial charge in [-0.15, -0.1) is 0 Å². The fourth-order valence-electron chi connectivity index (χ4n) is 2.64. The van der Waals surface area contributed by atoms with Crippen molar-refractivity contribution < 1.29 is 4.42 Å². The molecule has 4 rings (SSSR count). The van der Waals surface area contributed by atoms with Crippen LogP contribution in [0.25, 0.3) is 33.0 Å². The van der Waals surface area contributed by atoms with E-state index in [4.69, 9.17) is 16.0 Å². The van der Waals surface area contributed by atoms with E-state index in [-0.39, 0.29) is 5.43 Å². The molecule has 22 heavy (non-hydrogen) atoms. The van der Waals surface area contributed by atoms with Crippen LogP contribution < -0.4 is 5.43 Å². The van der Waals surface area contributed by atoms with Crippen LogP contribution in [0.15, 0.2) is 70.2 Å². The Balaban J connectivity index is 2.16. The molecule has 0 bridgehead atoms. The molecule has 0 amide bonds. The maximum absolute atomic E-state index is 12.9. The van der Waals surface area contributed by atoms with E-state index in [0.29, 0.717) is 27.2 Å². The lowest BCUT2D eigenvalue weighted by molar-refractivity contribution is 0.605. The highest BCUT2D eigenvalue weighted by atomic mass is 35.5. The molecule has 0 unspecified atom stereocenters. The van der Waals surface area contributed by atoms with Crippen LogP contribution in [-0.2, 0) is 0 Å². The van der Waals surface area contributed by atoms with Crippen molar-refractivity contribution in [2.45, 2.75) is 0 Å². The van der Waals surface area contributed by atoms with Crippen molar-refractivity contribution in [3.05, 3.63) is 76.2 Å². The molecule has 3 nitrogen and oxygen atoms in total. The molecule has 0 saturated carbocycles. The Morgan fingerprint density at radius 3 is 2.73 bits per heavy atom. The lowest BCUT2D eigenvalue weighted by Gasteiger charge is -2.06. The summed E-state index contributed by atoms with van der Waals surface area (Å²) in [5.74, 6) is 0. The number of hydrogen-bond donors (Lipinski definition) is 0. The van der Waals surface area contributed by atoms with E-state index in [1.807, 2.05) is 36.4 Å². The lowest BCUT2D eigenvalue weighted by atomic mass is 10.0. The topological polar surface area (TPSA) is 43.1 Å². The Morgan fingerprint density at radius 1 is 1.00 bits per heavy atom. The van der Waals surface area contributed by atoms with E-state index in [1.54, 1.807) is 18.3 Å². The van der Waals surface area contributed by atoms with Gasteiger partial charge in [0.1, 0.15) is 11.8 Å². The Hall–Kier alpha value is -2.65. The molecule has 0 aliphatic carbocycles. The summed E-state index contributed by atoms with van der Waals surface area (Å²) in [6.45, 7) is 0. The molecular formula is C18H10ClNO2. The number of hydrogen-bond acceptors (Lipinski definition) is 3. The SMILES string of the molecule is O=c1c(-c2ncccc2Cl)coc2ccc3ccccc3c12. The van der Waals surface area contributed by atoms with Crippen molar-refractivity contribution in [3.63, 3.8) is 0 Å². The first-order valence-corrected chi connectivity index (χ1v) is 7.17. The van der Waals surface area contributed by atoms with Gasteiger partial charge in [0.25, 0.3) is 0 Å². The normalized spacial score (nSPS) is 11.1. The van der Waals surface area contributed by atoms with Crippen molar-refractivity contribution in [1.82, 2.24) is 4.98 Å². The molecular weight excluding hydrogens is 298 g/mol. The molecule has 106 valence electrons. The first-order chi connectivity index (χ1) is 10.8. The number of rotatable bonds is 1. The van der Waals surface area contributed by atoms with Crippen LogP contribution in [0.2, 0.25) is 5.02 Å². The minimum absolute atomic E-state index is 0.126. The third-order valence-electron chi connectivity index (χ3n) is 3.68. The highest BCUT2D eigenvalue weighted by Crippen LogP contribution is 2.27. The van der Waals surface area contributed by atoms with Gasteiger partial charge in [-0.2, -0.15) is 0 Å². The van der Waals surface area contributed by atoms with Crippen molar-refractivity contribution in [1.29, 1.82) is 0 Å². The van der Waals surface area contributed by atoms with E-state index in [1.165, 1.54) is 6.26 Å². The molecule has 0 aliphatic heterocycles. The Labute approximate surface area is 130 Å². The smallest absolute Gasteiger partial charge is 0.202 e. The zero-order valence-electron chi connectivity index (χ0n) is 11.4. The van der Waals surface area contributed by atoms with Crippen LogP contribution >= 0.6 is 11.6 Å². The summed E-state index contributed by atoms with van der Waals surface area (Å²) in [4.78, 5) is 17.1. The maximum Gasteiger partial charge on any atom is 0.202 e. The first kappa shape index (κ1) is 13.0. The van der Waals surface area contributed by atoms with Gasteiger partial charge >= 0.3 is 0 Å². The quantitative estimate of drug-likeness (QED) is 0.480. The van der Waals surface area contributed by atoms with Crippen molar-refractivity contribution in [3.8, 4) is 11.3 Å². The molecule has 2 heterocycles. The van der Waals surface area contributed by atoms with Crippen LogP contribution in [0, 0.1) is 0 Å². The van der Waals surface area contributed by atoms with Gasteiger partial charge < -0.3 is 4.42 Å². The van der Waals surface area contributed by atoms with Crippen LogP contribution in [0.1, 0.15) is 0 Å². The van der Waals surface area contributed by atoms with Gasteiger partial charge in [0.05, 0.1) is 21.7 Å². The number of nitrogens with zero attached hydrogens (tertiary/aromatic N) is 1. The average molecular weight is 308 g/mol. The van der Waals surface area contributed by atoms with Crippen LogP contribution in [0.3, 0.4) is 0 Å². The molecule has 0 atom stereocenters. The monoisotopic (exact) mass is 307 g/mol. The van der Waals surface area contributed by atoms with Gasteiger partial charge in [-0.25, -0.2) is 0 Å². The third kappa shape index (κ3) is 1.90. The van der Waals surface area contributed by atoms with E-state index >= 15 is 0 Å². The summed E-state index contributed by atoms with van der Waals surface area (Å²) < 4.78 is 5.64.